The molecule has 0 radical (unpaired) electrons. The second-order valence-electron chi connectivity index (χ2n) is 3.73. The Bertz CT molecular complexity index is 729. The molecular formula is C13H6Cl2N2O2S. The highest BCUT2D eigenvalue weighted by Gasteiger charge is 2.17. The van der Waals surface area contributed by atoms with Gasteiger partial charge in [0.2, 0.25) is 0 Å². The molecule has 0 aliphatic carbocycles. The van der Waals surface area contributed by atoms with Gasteiger partial charge in [-0.15, -0.1) is 0 Å². The van der Waals surface area contributed by atoms with Gasteiger partial charge in [-0.2, -0.15) is 5.26 Å². The third kappa shape index (κ3) is 3.23. The van der Waals surface area contributed by atoms with E-state index in [1.807, 2.05) is 6.07 Å². The van der Waals surface area contributed by atoms with Crippen LogP contribution in [0.3, 0.4) is 0 Å². The SMILES string of the molecule is N#Cc1ccc(Sc2cc(Cl)ccc2Cl)c([N+](=O)[O-])c1. The molecule has 0 aliphatic heterocycles. The number of nitriles is 1. The first-order chi connectivity index (χ1) is 9.51. The van der Waals surface area contributed by atoms with Crippen LogP contribution in [0, 0.1) is 21.4 Å². The third-order valence-corrected chi connectivity index (χ3v) is 4.20. The van der Waals surface area contributed by atoms with Crippen LogP contribution in [0.15, 0.2) is 46.2 Å². The summed E-state index contributed by atoms with van der Waals surface area (Å²) < 4.78 is 0. The fourth-order valence-electron chi connectivity index (χ4n) is 1.49. The summed E-state index contributed by atoms with van der Waals surface area (Å²) in [6, 6.07) is 11.1. The van der Waals surface area contributed by atoms with Crippen LogP contribution in [0.4, 0.5) is 5.69 Å². The molecule has 2 aromatic carbocycles. The summed E-state index contributed by atoms with van der Waals surface area (Å²) >= 11 is 13.1. The minimum atomic E-state index is -0.526. The van der Waals surface area contributed by atoms with E-state index in [4.69, 9.17) is 28.5 Å². The molecule has 20 heavy (non-hydrogen) atoms. The van der Waals surface area contributed by atoms with Crippen molar-refractivity contribution in [2.45, 2.75) is 9.79 Å². The zero-order valence-corrected chi connectivity index (χ0v) is 12.2. The molecule has 0 saturated heterocycles. The number of nitro benzene ring substituents is 1. The Balaban J connectivity index is 2.46. The van der Waals surface area contributed by atoms with Crippen LogP contribution in [0.1, 0.15) is 5.56 Å². The topological polar surface area (TPSA) is 66.9 Å². The zero-order valence-electron chi connectivity index (χ0n) is 9.84. The van der Waals surface area contributed by atoms with E-state index in [1.165, 1.54) is 18.2 Å². The van der Waals surface area contributed by atoms with Gasteiger partial charge in [0.25, 0.3) is 5.69 Å². The molecule has 0 saturated carbocycles. The summed E-state index contributed by atoms with van der Waals surface area (Å²) in [5, 5.41) is 20.8. The number of benzene rings is 2. The molecule has 0 aromatic heterocycles. The minimum absolute atomic E-state index is 0.134. The Kier molecular flexibility index (Phi) is 4.50. The number of rotatable bonds is 3. The van der Waals surface area contributed by atoms with E-state index in [0.29, 0.717) is 19.8 Å². The summed E-state index contributed by atoms with van der Waals surface area (Å²) in [4.78, 5) is 11.5. The second kappa shape index (κ2) is 6.14. The van der Waals surface area contributed by atoms with Gasteiger partial charge in [-0.1, -0.05) is 35.0 Å². The van der Waals surface area contributed by atoms with Crippen molar-refractivity contribution in [3.63, 3.8) is 0 Å². The Morgan fingerprint density at radius 2 is 1.90 bits per heavy atom. The summed E-state index contributed by atoms with van der Waals surface area (Å²) in [5.41, 5.74) is 0.100. The molecule has 7 heteroatoms. The fourth-order valence-corrected chi connectivity index (χ4v) is 2.92. The van der Waals surface area contributed by atoms with Crippen molar-refractivity contribution in [3.8, 4) is 6.07 Å². The molecular weight excluding hydrogens is 319 g/mol. The molecule has 0 aliphatic rings. The van der Waals surface area contributed by atoms with Crippen LogP contribution in [0.2, 0.25) is 10.0 Å². The standard InChI is InChI=1S/C13H6Cl2N2O2S/c14-9-2-3-10(15)13(6-9)20-12-4-1-8(7-16)5-11(12)17(18)19/h1-6H. The fraction of sp³-hybridized carbons (Fsp3) is 0. The Hall–Kier alpha value is -1.74. The van der Waals surface area contributed by atoms with Gasteiger partial charge in [0.1, 0.15) is 0 Å². The van der Waals surface area contributed by atoms with Gasteiger partial charge in [-0.05, 0) is 30.3 Å². The molecule has 2 rings (SSSR count). The summed E-state index contributed by atoms with van der Waals surface area (Å²) in [6.07, 6.45) is 0. The minimum Gasteiger partial charge on any atom is -0.258 e. The lowest BCUT2D eigenvalue weighted by atomic mass is 10.2. The maximum atomic E-state index is 11.1. The predicted octanol–water partition coefficient (Wildman–Crippen LogP) is 4.92. The average molecular weight is 325 g/mol. The van der Waals surface area contributed by atoms with Gasteiger partial charge in [-0.25, -0.2) is 0 Å². The van der Waals surface area contributed by atoms with E-state index >= 15 is 0 Å². The van der Waals surface area contributed by atoms with Gasteiger partial charge in [0.15, 0.2) is 0 Å². The van der Waals surface area contributed by atoms with Gasteiger partial charge in [0, 0.05) is 16.0 Å². The monoisotopic (exact) mass is 324 g/mol. The van der Waals surface area contributed by atoms with Crippen LogP contribution in [-0.2, 0) is 0 Å². The lowest BCUT2D eigenvalue weighted by Crippen LogP contribution is -1.92. The molecule has 0 heterocycles. The summed E-state index contributed by atoms with van der Waals surface area (Å²) in [7, 11) is 0. The maximum absolute atomic E-state index is 11.1. The number of hydrogen-bond donors (Lipinski definition) is 0. The first kappa shape index (κ1) is 14.7. The lowest BCUT2D eigenvalue weighted by Gasteiger charge is -2.05. The van der Waals surface area contributed by atoms with Crippen molar-refractivity contribution >= 4 is 40.7 Å². The van der Waals surface area contributed by atoms with E-state index in [1.54, 1.807) is 18.2 Å². The average Bonchev–Trinajstić information content (AvgIpc) is 2.43. The zero-order chi connectivity index (χ0) is 14.7. The molecule has 4 nitrogen and oxygen atoms in total. The van der Waals surface area contributed by atoms with Gasteiger partial charge in [-0.3, -0.25) is 10.1 Å². The van der Waals surface area contributed by atoms with E-state index < -0.39 is 4.92 Å². The number of nitro groups is 1. The quantitative estimate of drug-likeness (QED) is 0.593. The van der Waals surface area contributed by atoms with E-state index in [2.05, 4.69) is 0 Å². The molecule has 0 fully saturated rings. The van der Waals surface area contributed by atoms with Crippen molar-refractivity contribution in [3.05, 3.63) is 62.1 Å². The van der Waals surface area contributed by atoms with Crippen molar-refractivity contribution in [2.24, 2.45) is 0 Å². The number of halogens is 2. The van der Waals surface area contributed by atoms with Gasteiger partial charge < -0.3 is 0 Å². The molecule has 100 valence electrons. The molecule has 0 atom stereocenters. The van der Waals surface area contributed by atoms with Gasteiger partial charge in [0.05, 0.1) is 26.5 Å². The van der Waals surface area contributed by atoms with Crippen LogP contribution in [0.25, 0.3) is 0 Å². The van der Waals surface area contributed by atoms with Crippen molar-refractivity contribution in [1.82, 2.24) is 0 Å². The first-order valence-electron chi connectivity index (χ1n) is 5.32. The highest BCUT2D eigenvalue weighted by Crippen LogP contribution is 2.39. The largest absolute Gasteiger partial charge is 0.284 e. The summed E-state index contributed by atoms with van der Waals surface area (Å²) in [5.74, 6) is 0. The van der Waals surface area contributed by atoms with E-state index in [9.17, 15) is 10.1 Å². The van der Waals surface area contributed by atoms with Crippen molar-refractivity contribution in [1.29, 1.82) is 5.26 Å². The molecule has 0 bridgehead atoms. The molecule has 0 amide bonds. The first-order valence-corrected chi connectivity index (χ1v) is 6.90. The smallest absolute Gasteiger partial charge is 0.258 e. The Morgan fingerprint density at radius 1 is 1.15 bits per heavy atom. The number of nitrogens with zero attached hydrogens (tertiary/aromatic N) is 2. The van der Waals surface area contributed by atoms with E-state index in [0.717, 1.165) is 11.8 Å². The van der Waals surface area contributed by atoms with E-state index in [-0.39, 0.29) is 11.3 Å². The highest BCUT2D eigenvalue weighted by atomic mass is 35.5. The van der Waals surface area contributed by atoms with Crippen LogP contribution in [-0.4, -0.2) is 4.92 Å². The van der Waals surface area contributed by atoms with Crippen LogP contribution >= 0.6 is 35.0 Å². The maximum Gasteiger partial charge on any atom is 0.284 e. The highest BCUT2D eigenvalue weighted by molar-refractivity contribution is 7.99. The normalized spacial score (nSPS) is 10.1. The molecule has 2 aromatic rings. The predicted molar refractivity (Wildman–Crippen MR) is 78.4 cm³/mol. The molecule has 0 spiro atoms. The third-order valence-electron chi connectivity index (χ3n) is 2.40. The summed E-state index contributed by atoms with van der Waals surface area (Å²) in [6.45, 7) is 0. The van der Waals surface area contributed by atoms with Gasteiger partial charge >= 0.3 is 0 Å². The van der Waals surface area contributed by atoms with Crippen molar-refractivity contribution < 1.29 is 4.92 Å². The molecule has 0 unspecified atom stereocenters. The lowest BCUT2D eigenvalue weighted by molar-refractivity contribution is -0.387. The van der Waals surface area contributed by atoms with Crippen LogP contribution in [0.5, 0.6) is 0 Å². The number of hydrogen-bond acceptors (Lipinski definition) is 4. The Labute approximate surface area is 129 Å². The van der Waals surface area contributed by atoms with Crippen molar-refractivity contribution in [2.75, 3.05) is 0 Å². The second-order valence-corrected chi connectivity index (χ2v) is 5.66. The van der Waals surface area contributed by atoms with Crippen LogP contribution < -0.4 is 0 Å². The molecule has 0 N–H and O–H groups in total. The Morgan fingerprint density at radius 3 is 2.55 bits per heavy atom.